The fraction of sp³-hybridized carbons (Fsp3) is 0.750. The van der Waals surface area contributed by atoms with Crippen LogP contribution in [0.15, 0.2) is 5.16 Å². The molecule has 5 heteroatoms. The van der Waals surface area contributed by atoms with Crippen LogP contribution < -0.4 is 5.73 Å². The molecule has 0 aromatic carbocycles. The van der Waals surface area contributed by atoms with E-state index in [9.17, 15) is 4.79 Å². The molecule has 1 aliphatic rings. The summed E-state index contributed by atoms with van der Waals surface area (Å²) in [4.78, 5) is 13.0. The molecule has 1 rings (SSSR count). The predicted molar refractivity (Wildman–Crippen MR) is 48.4 cm³/mol. The Balaban J connectivity index is 2.23. The van der Waals surface area contributed by atoms with Crippen LogP contribution in [-0.2, 0) is 4.79 Å². The Morgan fingerprint density at radius 1 is 1.69 bits per heavy atom. The van der Waals surface area contributed by atoms with Crippen molar-refractivity contribution in [2.75, 3.05) is 13.6 Å². The molecule has 0 aliphatic heterocycles. The maximum absolute atomic E-state index is 11.4. The number of oxime groups is 1. The highest BCUT2D eigenvalue weighted by Crippen LogP contribution is 2.30. The molecule has 0 atom stereocenters. The lowest BCUT2D eigenvalue weighted by Gasteiger charge is -2.15. The molecule has 0 bridgehead atoms. The third kappa shape index (κ3) is 2.93. The van der Waals surface area contributed by atoms with Gasteiger partial charge < -0.3 is 15.8 Å². The van der Waals surface area contributed by atoms with Crippen molar-refractivity contribution in [2.24, 2.45) is 16.8 Å². The topological polar surface area (TPSA) is 78.9 Å². The molecule has 74 valence electrons. The van der Waals surface area contributed by atoms with Crippen molar-refractivity contribution < 1.29 is 10.0 Å². The largest absolute Gasteiger partial charge is 0.409 e. The van der Waals surface area contributed by atoms with Gasteiger partial charge in [0.2, 0.25) is 5.91 Å². The first-order chi connectivity index (χ1) is 6.15. The number of carbonyl (C=O) groups excluding carboxylic acids is 1. The van der Waals surface area contributed by atoms with Crippen LogP contribution in [0.4, 0.5) is 0 Å². The van der Waals surface area contributed by atoms with Gasteiger partial charge in [-0.15, -0.1) is 0 Å². The maximum atomic E-state index is 11.4. The molecule has 0 radical (unpaired) electrons. The number of amidine groups is 1. The molecule has 1 aliphatic carbocycles. The second-order valence-corrected chi connectivity index (χ2v) is 3.38. The van der Waals surface area contributed by atoms with E-state index >= 15 is 0 Å². The van der Waals surface area contributed by atoms with Gasteiger partial charge in [0.15, 0.2) is 0 Å². The van der Waals surface area contributed by atoms with E-state index in [1.54, 1.807) is 11.9 Å². The predicted octanol–water partition coefficient (Wildman–Crippen LogP) is -0.00870. The Kier molecular flexibility index (Phi) is 3.11. The van der Waals surface area contributed by atoms with Crippen molar-refractivity contribution in [3.8, 4) is 0 Å². The summed E-state index contributed by atoms with van der Waals surface area (Å²) in [6.45, 7) is 0.519. The van der Waals surface area contributed by atoms with Crippen molar-refractivity contribution in [2.45, 2.75) is 19.3 Å². The summed E-state index contributed by atoms with van der Waals surface area (Å²) in [5.74, 6) is 0.568. The molecule has 13 heavy (non-hydrogen) atoms. The van der Waals surface area contributed by atoms with Crippen LogP contribution >= 0.6 is 0 Å². The van der Waals surface area contributed by atoms with E-state index in [2.05, 4.69) is 5.16 Å². The van der Waals surface area contributed by atoms with E-state index in [1.165, 1.54) is 0 Å². The number of nitrogens with zero attached hydrogens (tertiary/aromatic N) is 2. The number of rotatable bonds is 4. The van der Waals surface area contributed by atoms with Crippen LogP contribution in [0.3, 0.4) is 0 Å². The van der Waals surface area contributed by atoms with Crippen LogP contribution in [0.1, 0.15) is 19.3 Å². The van der Waals surface area contributed by atoms with Crippen LogP contribution in [0.5, 0.6) is 0 Å². The zero-order chi connectivity index (χ0) is 9.84. The monoisotopic (exact) mass is 185 g/mol. The first-order valence-corrected chi connectivity index (χ1v) is 4.36. The second-order valence-electron chi connectivity index (χ2n) is 3.38. The number of nitrogens with two attached hydrogens (primary N) is 1. The molecule has 1 amide bonds. The Hall–Kier alpha value is -1.26. The zero-order valence-electron chi connectivity index (χ0n) is 7.73. The minimum absolute atomic E-state index is 0.162. The van der Waals surface area contributed by atoms with E-state index in [-0.39, 0.29) is 17.7 Å². The number of carbonyl (C=O) groups is 1. The molecule has 5 nitrogen and oxygen atoms in total. The number of amides is 1. The van der Waals surface area contributed by atoms with E-state index in [0.29, 0.717) is 13.0 Å². The summed E-state index contributed by atoms with van der Waals surface area (Å²) in [6.07, 6.45) is 2.44. The van der Waals surface area contributed by atoms with E-state index in [0.717, 1.165) is 12.8 Å². The molecule has 3 N–H and O–H groups in total. The third-order valence-electron chi connectivity index (χ3n) is 2.13. The van der Waals surface area contributed by atoms with Crippen LogP contribution in [-0.4, -0.2) is 35.4 Å². The minimum atomic E-state index is 0.162. The molecule has 0 heterocycles. The van der Waals surface area contributed by atoms with Gasteiger partial charge in [-0.3, -0.25) is 4.79 Å². The lowest BCUT2D eigenvalue weighted by atomic mass is 10.3. The average molecular weight is 185 g/mol. The first kappa shape index (κ1) is 9.83. The molecular formula is C8H15N3O2. The SMILES string of the molecule is CN(CC/C(N)=N/O)C(=O)C1CC1. The van der Waals surface area contributed by atoms with Gasteiger partial charge >= 0.3 is 0 Å². The Morgan fingerprint density at radius 2 is 2.31 bits per heavy atom. The fourth-order valence-corrected chi connectivity index (χ4v) is 1.08. The molecule has 0 aromatic rings. The van der Waals surface area contributed by atoms with Gasteiger partial charge in [0.25, 0.3) is 0 Å². The van der Waals surface area contributed by atoms with Gasteiger partial charge in [0.1, 0.15) is 5.84 Å². The molecule has 1 fully saturated rings. The van der Waals surface area contributed by atoms with Crippen molar-refractivity contribution in [1.82, 2.24) is 4.90 Å². The van der Waals surface area contributed by atoms with Gasteiger partial charge in [-0.05, 0) is 12.8 Å². The Morgan fingerprint density at radius 3 is 2.77 bits per heavy atom. The Bertz CT molecular complexity index is 223. The summed E-state index contributed by atoms with van der Waals surface area (Å²) in [5.41, 5.74) is 5.28. The van der Waals surface area contributed by atoms with Gasteiger partial charge in [-0.2, -0.15) is 0 Å². The average Bonchev–Trinajstić information content (AvgIpc) is 2.95. The van der Waals surface area contributed by atoms with Crippen molar-refractivity contribution in [1.29, 1.82) is 0 Å². The Labute approximate surface area is 77.2 Å². The summed E-state index contributed by atoms with van der Waals surface area (Å²) in [7, 11) is 1.74. The smallest absolute Gasteiger partial charge is 0.225 e. The molecule has 0 unspecified atom stereocenters. The molecule has 1 saturated carbocycles. The lowest BCUT2D eigenvalue weighted by molar-refractivity contribution is -0.131. The van der Waals surface area contributed by atoms with E-state index < -0.39 is 0 Å². The maximum Gasteiger partial charge on any atom is 0.225 e. The summed E-state index contributed by atoms with van der Waals surface area (Å²) in [6, 6.07) is 0. The number of hydrogen-bond donors (Lipinski definition) is 2. The van der Waals surface area contributed by atoms with Crippen LogP contribution in [0, 0.1) is 5.92 Å². The normalized spacial score (nSPS) is 17.2. The first-order valence-electron chi connectivity index (χ1n) is 4.36. The molecule has 0 saturated heterocycles. The summed E-state index contributed by atoms with van der Waals surface area (Å²) in [5, 5.41) is 11.1. The highest BCUT2D eigenvalue weighted by Gasteiger charge is 2.31. The third-order valence-corrected chi connectivity index (χ3v) is 2.13. The fourth-order valence-electron chi connectivity index (χ4n) is 1.08. The zero-order valence-corrected chi connectivity index (χ0v) is 7.73. The van der Waals surface area contributed by atoms with Crippen molar-refractivity contribution in [3.05, 3.63) is 0 Å². The summed E-state index contributed by atoms with van der Waals surface area (Å²) >= 11 is 0. The van der Waals surface area contributed by atoms with Gasteiger partial charge in [0, 0.05) is 25.9 Å². The quantitative estimate of drug-likeness (QED) is 0.280. The molecule has 0 aromatic heterocycles. The van der Waals surface area contributed by atoms with E-state index in [1.807, 2.05) is 0 Å². The second kappa shape index (κ2) is 4.11. The molecular weight excluding hydrogens is 170 g/mol. The van der Waals surface area contributed by atoms with Crippen LogP contribution in [0.2, 0.25) is 0 Å². The van der Waals surface area contributed by atoms with Crippen molar-refractivity contribution in [3.63, 3.8) is 0 Å². The lowest BCUT2D eigenvalue weighted by Crippen LogP contribution is -2.31. The standard InChI is InChI=1S/C8H15N3O2/c1-11(5-4-7(9)10-13)8(12)6-2-3-6/h6,13H,2-5H2,1H3,(H2,9,10). The minimum Gasteiger partial charge on any atom is -0.409 e. The van der Waals surface area contributed by atoms with Gasteiger partial charge in [-0.1, -0.05) is 5.16 Å². The van der Waals surface area contributed by atoms with Crippen LogP contribution in [0.25, 0.3) is 0 Å². The van der Waals surface area contributed by atoms with E-state index in [4.69, 9.17) is 10.9 Å². The van der Waals surface area contributed by atoms with Gasteiger partial charge in [-0.25, -0.2) is 0 Å². The highest BCUT2D eigenvalue weighted by molar-refractivity contribution is 5.83. The highest BCUT2D eigenvalue weighted by atomic mass is 16.4. The molecule has 0 spiro atoms. The number of hydrogen-bond acceptors (Lipinski definition) is 3. The van der Waals surface area contributed by atoms with Crippen molar-refractivity contribution >= 4 is 11.7 Å². The summed E-state index contributed by atoms with van der Waals surface area (Å²) < 4.78 is 0. The van der Waals surface area contributed by atoms with Gasteiger partial charge in [0.05, 0.1) is 0 Å².